The van der Waals surface area contributed by atoms with Crippen LogP contribution in [0.2, 0.25) is 0 Å². The van der Waals surface area contributed by atoms with Crippen LogP contribution in [0.3, 0.4) is 0 Å². The highest BCUT2D eigenvalue weighted by atomic mass is 32.2. The zero-order valence-corrected chi connectivity index (χ0v) is 19.1. The predicted molar refractivity (Wildman–Crippen MR) is 126 cm³/mol. The molecule has 0 bridgehead atoms. The van der Waals surface area contributed by atoms with E-state index in [0.29, 0.717) is 12.8 Å². The second-order valence-corrected chi connectivity index (χ2v) is 10.2. The summed E-state index contributed by atoms with van der Waals surface area (Å²) in [6.45, 7) is 2.64. The number of benzene rings is 2. The Morgan fingerprint density at radius 2 is 1.94 bits per heavy atom. The van der Waals surface area contributed by atoms with Crippen molar-refractivity contribution >= 4 is 21.4 Å². The Balaban J connectivity index is 1.67. The highest BCUT2D eigenvalue weighted by Gasteiger charge is 2.23. The van der Waals surface area contributed by atoms with Gasteiger partial charge in [0.05, 0.1) is 28.4 Å². The summed E-state index contributed by atoms with van der Waals surface area (Å²) in [7, 11) is -3.38. The molecule has 170 valence electrons. The SMILES string of the molecule is CCCS(=O)(=O)c1ccc(-c2ccc(C[C@@H](C#N)NC(=O)[C@@H]3CCCCN3)cc2)cc1N. The molecule has 1 saturated heterocycles. The normalized spacial score (nSPS) is 17.3. The Bertz CT molecular complexity index is 1090. The van der Waals surface area contributed by atoms with Crippen LogP contribution >= 0.6 is 0 Å². The van der Waals surface area contributed by atoms with Gasteiger partial charge in [-0.1, -0.05) is 43.7 Å². The van der Waals surface area contributed by atoms with Gasteiger partial charge in [0.25, 0.3) is 0 Å². The number of carbonyl (C=O) groups is 1. The molecule has 1 amide bonds. The number of nitrogen functional groups attached to an aromatic ring is 1. The van der Waals surface area contributed by atoms with Crippen LogP contribution in [0.5, 0.6) is 0 Å². The van der Waals surface area contributed by atoms with Crippen LogP contribution in [0.1, 0.15) is 38.2 Å². The summed E-state index contributed by atoms with van der Waals surface area (Å²) in [5.41, 5.74) is 8.91. The van der Waals surface area contributed by atoms with Gasteiger partial charge in [0.2, 0.25) is 5.91 Å². The van der Waals surface area contributed by atoms with Crippen molar-refractivity contribution < 1.29 is 13.2 Å². The van der Waals surface area contributed by atoms with Crippen LogP contribution in [-0.2, 0) is 21.1 Å². The maximum atomic E-state index is 12.4. The zero-order valence-electron chi connectivity index (χ0n) is 18.3. The molecule has 0 radical (unpaired) electrons. The van der Waals surface area contributed by atoms with Gasteiger partial charge in [-0.05, 0) is 54.6 Å². The summed E-state index contributed by atoms with van der Waals surface area (Å²) in [4.78, 5) is 12.6. The topological polar surface area (TPSA) is 125 Å². The van der Waals surface area contributed by atoms with Gasteiger partial charge >= 0.3 is 0 Å². The lowest BCUT2D eigenvalue weighted by atomic mass is 10.00. The first-order valence-corrected chi connectivity index (χ1v) is 12.6. The molecule has 8 heteroatoms. The third-order valence-electron chi connectivity index (χ3n) is 5.64. The van der Waals surface area contributed by atoms with E-state index in [-0.39, 0.29) is 28.3 Å². The number of nitriles is 1. The number of carbonyl (C=O) groups excluding carboxylic acids is 1. The first-order valence-electron chi connectivity index (χ1n) is 11.0. The van der Waals surface area contributed by atoms with Crippen molar-refractivity contribution in [2.24, 2.45) is 0 Å². The molecule has 32 heavy (non-hydrogen) atoms. The van der Waals surface area contributed by atoms with E-state index < -0.39 is 15.9 Å². The third kappa shape index (κ3) is 5.87. The zero-order chi connectivity index (χ0) is 23.1. The number of hydrogen-bond acceptors (Lipinski definition) is 6. The number of sulfone groups is 1. The highest BCUT2D eigenvalue weighted by Crippen LogP contribution is 2.28. The van der Waals surface area contributed by atoms with Gasteiger partial charge in [-0.15, -0.1) is 0 Å². The van der Waals surface area contributed by atoms with Crippen LogP contribution in [0.4, 0.5) is 5.69 Å². The van der Waals surface area contributed by atoms with E-state index in [1.807, 2.05) is 31.2 Å². The molecule has 0 unspecified atom stereocenters. The number of nitrogens with one attached hydrogen (secondary N) is 2. The lowest BCUT2D eigenvalue weighted by Gasteiger charge is -2.23. The van der Waals surface area contributed by atoms with Crippen LogP contribution in [0.25, 0.3) is 11.1 Å². The second kappa shape index (κ2) is 10.6. The van der Waals surface area contributed by atoms with Crippen molar-refractivity contribution in [1.82, 2.24) is 10.6 Å². The van der Waals surface area contributed by atoms with E-state index in [0.717, 1.165) is 42.5 Å². The molecule has 0 aromatic heterocycles. The summed E-state index contributed by atoms with van der Waals surface area (Å²) in [6.07, 6.45) is 3.82. The molecule has 4 N–H and O–H groups in total. The summed E-state index contributed by atoms with van der Waals surface area (Å²) in [5, 5.41) is 15.5. The van der Waals surface area contributed by atoms with E-state index >= 15 is 0 Å². The largest absolute Gasteiger partial charge is 0.398 e. The summed E-state index contributed by atoms with van der Waals surface area (Å²) < 4.78 is 24.6. The molecular weight excluding hydrogens is 424 g/mol. The minimum atomic E-state index is -3.38. The number of rotatable bonds is 8. The van der Waals surface area contributed by atoms with Gasteiger partial charge in [-0.25, -0.2) is 8.42 Å². The number of amides is 1. The molecule has 0 aliphatic carbocycles. The molecule has 1 aliphatic heterocycles. The van der Waals surface area contributed by atoms with Crippen LogP contribution in [0.15, 0.2) is 47.4 Å². The summed E-state index contributed by atoms with van der Waals surface area (Å²) in [6, 6.07) is 14.0. The Hall–Kier alpha value is -2.89. The number of anilines is 1. The number of piperidine rings is 1. The molecule has 1 heterocycles. The van der Waals surface area contributed by atoms with E-state index in [1.165, 1.54) is 0 Å². The molecular formula is C24H30N4O3S. The van der Waals surface area contributed by atoms with Crippen molar-refractivity contribution in [1.29, 1.82) is 5.26 Å². The first kappa shape index (κ1) is 23.8. The molecule has 2 atom stereocenters. The monoisotopic (exact) mass is 454 g/mol. The van der Waals surface area contributed by atoms with Gasteiger partial charge in [0.1, 0.15) is 6.04 Å². The van der Waals surface area contributed by atoms with Gasteiger partial charge in [0, 0.05) is 6.42 Å². The van der Waals surface area contributed by atoms with E-state index in [9.17, 15) is 18.5 Å². The van der Waals surface area contributed by atoms with Crippen LogP contribution < -0.4 is 16.4 Å². The Labute approximate surface area is 189 Å². The lowest BCUT2D eigenvalue weighted by Crippen LogP contribution is -2.49. The smallest absolute Gasteiger partial charge is 0.238 e. The number of nitrogens with two attached hydrogens (primary N) is 1. The van der Waals surface area contributed by atoms with Crippen LogP contribution in [0, 0.1) is 11.3 Å². The average molecular weight is 455 g/mol. The predicted octanol–water partition coefficient (Wildman–Crippen LogP) is 2.81. The van der Waals surface area contributed by atoms with E-state index in [4.69, 9.17) is 5.73 Å². The standard InChI is InChI=1S/C24H30N4O3S/c1-2-13-32(30,31)23-11-10-19(15-21(23)26)18-8-6-17(7-9-18)14-20(16-25)28-24(29)22-5-3-4-12-27-22/h6-11,15,20,22,27H,2-5,12-14,26H2,1H3,(H,28,29)/t20-,22-/m0/s1. The highest BCUT2D eigenvalue weighted by molar-refractivity contribution is 7.91. The fourth-order valence-corrected chi connectivity index (χ4v) is 5.39. The Morgan fingerprint density at radius 1 is 1.22 bits per heavy atom. The Morgan fingerprint density at radius 3 is 2.53 bits per heavy atom. The quantitative estimate of drug-likeness (QED) is 0.527. The van der Waals surface area contributed by atoms with Crippen molar-refractivity contribution in [3.8, 4) is 17.2 Å². The maximum absolute atomic E-state index is 12.4. The van der Waals surface area contributed by atoms with E-state index in [1.54, 1.807) is 18.2 Å². The molecule has 1 fully saturated rings. The van der Waals surface area contributed by atoms with E-state index in [2.05, 4.69) is 16.7 Å². The molecule has 0 saturated carbocycles. The molecule has 3 rings (SSSR count). The third-order valence-corrected chi connectivity index (χ3v) is 7.63. The lowest BCUT2D eigenvalue weighted by molar-refractivity contribution is -0.124. The minimum Gasteiger partial charge on any atom is -0.398 e. The second-order valence-electron chi connectivity index (χ2n) is 8.17. The Kier molecular flexibility index (Phi) is 7.89. The fourth-order valence-electron chi connectivity index (χ4n) is 3.94. The minimum absolute atomic E-state index is 0.0681. The van der Waals surface area contributed by atoms with Crippen LogP contribution in [-0.4, -0.2) is 38.7 Å². The maximum Gasteiger partial charge on any atom is 0.238 e. The summed E-state index contributed by atoms with van der Waals surface area (Å²) in [5.74, 6) is -0.0555. The van der Waals surface area contributed by atoms with Gasteiger partial charge in [0.15, 0.2) is 9.84 Å². The fraction of sp³-hybridized carbons (Fsp3) is 0.417. The molecule has 1 aliphatic rings. The van der Waals surface area contributed by atoms with Crippen molar-refractivity contribution in [2.45, 2.75) is 56.0 Å². The molecule has 0 spiro atoms. The first-order chi connectivity index (χ1) is 15.3. The van der Waals surface area contributed by atoms with Gasteiger partial charge < -0.3 is 16.4 Å². The number of nitrogens with zero attached hydrogens (tertiary/aromatic N) is 1. The summed E-state index contributed by atoms with van der Waals surface area (Å²) >= 11 is 0. The van der Waals surface area contributed by atoms with Gasteiger partial charge in [-0.3, -0.25) is 4.79 Å². The van der Waals surface area contributed by atoms with Crippen molar-refractivity contribution in [3.05, 3.63) is 48.0 Å². The number of hydrogen-bond donors (Lipinski definition) is 3. The molecule has 2 aromatic rings. The van der Waals surface area contributed by atoms with Crippen molar-refractivity contribution in [2.75, 3.05) is 18.0 Å². The van der Waals surface area contributed by atoms with Crippen molar-refractivity contribution in [3.63, 3.8) is 0 Å². The molecule has 2 aromatic carbocycles. The van der Waals surface area contributed by atoms with Gasteiger partial charge in [-0.2, -0.15) is 5.26 Å². The molecule has 7 nitrogen and oxygen atoms in total. The average Bonchev–Trinajstić information content (AvgIpc) is 2.79.